The van der Waals surface area contributed by atoms with Crippen molar-refractivity contribution in [3.05, 3.63) is 70.8 Å². The minimum Gasteiger partial charge on any atom is -0.350 e. The first-order chi connectivity index (χ1) is 11.5. The third-order valence-electron chi connectivity index (χ3n) is 4.55. The molecule has 0 saturated heterocycles. The zero-order valence-electron chi connectivity index (χ0n) is 15.3. The molecule has 128 valence electrons. The number of hydrogen-bond donors (Lipinski definition) is 1. The molecule has 1 unspecified atom stereocenters. The molecule has 0 heterocycles. The molecule has 1 atom stereocenters. The maximum Gasteiger partial charge on any atom is 0.220 e. The summed E-state index contributed by atoms with van der Waals surface area (Å²) in [7, 11) is 0. The number of carbonyl (C=O) groups is 1. The van der Waals surface area contributed by atoms with Gasteiger partial charge in [0.1, 0.15) is 0 Å². The molecule has 0 bridgehead atoms. The summed E-state index contributed by atoms with van der Waals surface area (Å²) in [6.45, 7) is 8.57. The molecule has 2 aromatic rings. The molecule has 0 radical (unpaired) electrons. The molecule has 1 amide bonds. The average molecular weight is 323 g/mol. The van der Waals surface area contributed by atoms with E-state index in [1.807, 2.05) is 6.92 Å². The van der Waals surface area contributed by atoms with Gasteiger partial charge in [0.25, 0.3) is 0 Å². The van der Waals surface area contributed by atoms with Gasteiger partial charge in [-0.2, -0.15) is 0 Å². The van der Waals surface area contributed by atoms with Crippen molar-refractivity contribution in [2.75, 3.05) is 0 Å². The lowest BCUT2D eigenvalue weighted by atomic mass is 10.00. The minimum atomic E-state index is 0.0479. The van der Waals surface area contributed by atoms with Crippen LogP contribution in [0.15, 0.2) is 48.5 Å². The van der Waals surface area contributed by atoms with Crippen molar-refractivity contribution in [2.24, 2.45) is 0 Å². The second-order valence-electron chi connectivity index (χ2n) is 6.78. The van der Waals surface area contributed by atoms with Gasteiger partial charge >= 0.3 is 0 Å². The highest BCUT2D eigenvalue weighted by Crippen LogP contribution is 2.16. The fourth-order valence-electron chi connectivity index (χ4n) is 2.77. The molecule has 0 saturated carbocycles. The summed E-state index contributed by atoms with van der Waals surface area (Å²) in [5, 5.41) is 3.09. The maximum absolute atomic E-state index is 12.2. The van der Waals surface area contributed by atoms with Crippen molar-refractivity contribution in [1.82, 2.24) is 5.32 Å². The quantitative estimate of drug-likeness (QED) is 0.747. The molecule has 0 aromatic heterocycles. The van der Waals surface area contributed by atoms with Crippen LogP contribution in [0.1, 0.15) is 68.3 Å². The highest BCUT2D eigenvalue weighted by molar-refractivity contribution is 5.76. The van der Waals surface area contributed by atoms with Gasteiger partial charge in [-0.3, -0.25) is 4.79 Å². The summed E-state index contributed by atoms with van der Waals surface area (Å²) in [6.07, 6.45) is 2.35. The van der Waals surface area contributed by atoms with Gasteiger partial charge in [0.05, 0.1) is 6.04 Å². The standard InChI is InChI=1S/C22H29NO/c1-5-18-6-13-21(14-7-18)17(4)23-22(24)15-10-19-8-11-20(12-9-19)16(2)3/h6-9,11-14,16-17H,5,10,15H2,1-4H3,(H,23,24). The Morgan fingerprint density at radius 1 is 0.875 bits per heavy atom. The fraction of sp³-hybridized carbons (Fsp3) is 0.409. The van der Waals surface area contributed by atoms with Crippen LogP contribution in [-0.2, 0) is 17.6 Å². The van der Waals surface area contributed by atoms with E-state index in [0.717, 1.165) is 18.4 Å². The first-order valence-corrected chi connectivity index (χ1v) is 8.96. The van der Waals surface area contributed by atoms with E-state index in [0.29, 0.717) is 12.3 Å². The lowest BCUT2D eigenvalue weighted by Gasteiger charge is -2.15. The van der Waals surface area contributed by atoms with E-state index in [9.17, 15) is 4.79 Å². The van der Waals surface area contributed by atoms with Crippen LogP contribution in [0.5, 0.6) is 0 Å². The summed E-state index contributed by atoms with van der Waals surface area (Å²) in [6, 6.07) is 17.1. The van der Waals surface area contributed by atoms with Crippen LogP contribution in [0.3, 0.4) is 0 Å². The van der Waals surface area contributed by atoms with E-state index in [4.69, 9.17) is 0 Å². The smallest absolute Gasteiger partial charge is 0.220 e. The van der Waals surface area contributed by atoms with Crippen LogP contribution in [0.25, 0.3) is 0 Å². The molecule has 2 aromatic carbocycles. The van der Waals surface area contributed by atoms with Crippen molar-refractivity contribution in [3.8, 4) is 0 Å². The van der Waals surface area contributed by atoms with E-state index >= 15 is 0 Å². The Morgan fingerprint density at radius 2 is 1.42 bits per heavy atom. The third-order valence-corrected chi connectivity index (χ3v) is 4.55. The molecule has 2 heteroatoms. The molecule has 0 aliphatic heterocycles. The largest absolute Gasteiger partial charge is 0.350 e. The molecule has 0 fully saturated rings. The number of carbonyl (C=O) groups excluding carboxylic acids is 1. The molecule has 24 heavy (non-hydrogen) atoms. The second-order valence-corrected chi connectivity index (χ2v) is 6.78. The van der Waals surface area contributed by atoms with Gasteiger partial charge in [-0.1, -0.05) is 69.3 Å². The Morgan fingerprint density at radius 3 is 1.96 bits per heavy atom. The summed E-state index contributed by atoms with van der Waals surface area (Å²) in [5.41, 5.74) is 5.03. The zero-order chi connectivity index (χ0) is 17.5. The molecule has 0 aliphatic carbocycles. The molecular formula is C22H29NO. The zero-order valence-corrected chi connectivity index (χ0v) is 15.3. The van der Waals surface area contributed by atoms with Crippen molar-refractivity contribution in [1.29, 1.82) is 0 Å². The summed E-state index contributed by atoms with van der Waals surface area (Å²) in [5.74, 6) is 0.650. The minimum absolute atomic E-state index is 0.0479. The number of amides is 1. The first kappa shape index (κ1) is 18.3. The van der Waals surface area contributed by atoms with Crippen LogP contribution in [0, 0.1) is 0 Å². The topological polar surface area (TPSA) is 29.1 Å². The summed E-state index contributed by atoms with van der Waals surface area (Å²) in [4.78, 5) is 12.2. The van der Waals surface area contributed by atoms with Crippen LogP contribution < -0.4 is 5.32 Å². The van der Waals surface area contributed by atoms with Gasteiger partial charge < -0.3 is 5.32 Å². The predicted octanol–water partition coefficient (Wildman–Crippen LogP) is 5.18. The monoisotopic (exact) mass is 323 g/mol. The third kappa shape index (κ3) is 5.23. The normalized spacial score (nSPS) is 12.2. The number of aryl methyl sites for hydroxylation is 2. The predicted molar refractivity (Wildman–Crippen MR) is 101 cm³/mol. The van der Waals surface area contributed by atoms with E-state index in [-0.39, 0.29) is 11.9 Å². The Hall–Kier alpha value is -2.09. The van der Waals surface area contributed by atoms with Crippen molar-refractivity contribution >= 4 is 5.91 Å². The van der Waals surface area contributed by atoms with Crippen molar-refractivity contribution < 1.29 is 4.79 Å². The van der Waals surface area contributed by atoms with Crippen molar-refractivity contribution in [2.45, 2.75) is 58.9 Å². The summed E-state index contributed by atoms with van der Waals surface area (Å²) >= 11 is 0. The average Bonchev–Trinajstić information content (AvgIpc) is 2.60. The van der Waals surface area contributed by atoms with E-state index in [2.05, 4.69) is 74.6 Å². The number of rotatable bonds is 7. The van der Waals surface area contributed by atoms with E-state index in [1.54, 1.807) is 0 Å². The lowest BCUT2D eigenvalue weighted by molar-refractivity contribution is -0.121. The Balaban J connectivity index is 1.83. The highest BCUT2D eigenvalue weighted by Gasteiger charge is 2.10. The second kappa shape index (κ2) is 8.68. The fourth-order valence-corrected chi connectivity index (χ4v) is 2.77. The molecular weight excluding hydrogens is 294 g/mol. The number of nitrogens with one attached hydrogen (secondary N) is 1. The molecule has 0 spiro atoms. The SMILES string of the molecule is CCc1ccc(C(C)NC(=O)CCc2ccc(C(C)C)cc2)cc1. The van der Waals surface area contributed by atoms with E-state index in [1.165, 1.54) is 16.7 Å². The summed E-state index contributed by atoms with van der Waals surface area (Å²) < 4.78 is 0. The molecule has 1 N–H and O–H groups in total. The van der Waals surface area contributed by atoms with Gasteiger partial charge in [0, 0.05) is 6.42 Å². The lowest BCUT2D eigenvalue weighted by Crippen LogP contribution is -2.26. The Kier molecular flexibility index (Phi) is 6.60. The molecule has 2 nitrogen and oxygen atoms in total. The van der Waals surface area contributed by atoms with Gasteiger partial charge in [-0.05, 0) is 47.9 Å². The van der Waals surface area contributed by atoms with Gasteiger partial charge in [0.15, 0.2) is 0 Å². The Bertz CT molecular complexity index is 641. The highest BCUT2D eigenvalue weighted by atomic mass is 16.1. The van der Waals surface area contributed by atoms with E-state index < -0.39 is 0 Å². The number of hydrogen-bond acceptors (Lipinski definition) is 1. The number of benzene rings is 2. The van der Waals surface area contributed by atoms with Crippen LogP contribution >= 0.6 is 0 Å². The van der Waals surface area contributed by atoms with Crippen LogP contribution in [0.4, 0.5) is 0 Å². The molecule has 2 rings (SSSR count). The Labute approximate surface area is 146 Å². The van der Waals surface area contributed by atoms with Crippen LogP contribution in [0.2, 0.25) is 0 Å². The van der Waals surface area contributed by atoms with Gasteiger partial charge in [-0.15, -0.1) is 0 Å². The maximum atomic E-state index is 12.2. The van der Waals surface area contributed by atoms with Gasteiger partial charge in [0.2, 0.25) is 5.91 Å². The van der Waals surface area contributed by atoms with Crippen LogP contribution in [-0.4, -0.2) is 5.91 Å². The van der Waals surface area contributed by atoms with Gasteiger partial charge in [-0.25, -0.2) is 0 Å². The first-order valence-electron chi connectivity index (χ1n) is 8.96. The van der Waals surface area contributed by atoms with Crippen molar-refractivity contribution in [3.63, 3.8) is 0 Å². The molecule has 0 aliphatic rings.